The smallest absolute Gasteiger partial charge is 0.192 e. The Morgan fingerprint density at radius 3 is 2.26 bits per heavy atom. The molecule has 4 nitrogen and oxygen atoms in total. The molecule has 1 aromatic rings. The lowest BCUT2D eigenvalue weighted by molar-refractivity contribution is 0.0628. The summed E-state index contributed by atoms with van der Waals surface area (Å²) in [6, 6.07) is 2.02. The Morgan fingerprint density at radius 1 is 1.22 bits per heavy atom. The second-order valence-corrected chi connectivity index (χ2v) is 13.4. The summed E-state index contributed by atoms with van der Waals surface area (Å²) in [6.45, 7) is 18.2. The van der Waals surface area contributed by atoms with Crippen molar-refractivity contribution in [3.8, 4) is 0 Å². The Labute approximate surface area is 142 Å². The molecule has 1 fully saturated rings. The molecule has 0 spiro atoms. The summed E-state index contributed by atoms with van der Waals surface area (Å²) >= 11 is 0. The molecule has 0 aromatic carbocycles. The van der Waals surface area contributed by atoms with E-state index in [1.807, 2.05) is 12.3 Å². The molecule has 3 atom stereocenters. The van der Waals surface area contributed by atoms with Crippen LogP contribution in [0.15, 0.2) is 18.5 Å². The van der Waals surface area contributed by atoms with Crippen molar-refractivity contribution in [1.29, 1.82) is 0 Å². The molecule has 2 heterocycles. The van der Waals surface area contributed by atoms with Gasteiger partial charge in [0.1, 0.15) is 0 Å². The number of nitrogen functional groups attached to an aromatic ring is 1. The maximum Gasteiger partial charge on any atom is 0.192 e. The molecule has 0 amide bonds. The summed E-state index contributed by atoms with van der Waals surface area (Å²) in [5, 5.41) is 0.249. The Bertz CT molecular complexity index is 529. The highest BCUT2D eigenvalue weighted by Crippen LogP contribution is 2.40. The van der Waals surface area contributed by atoms with Crippen LogP contribution in [0.4, 0.5) is 11.4 Å². The zero-order valence-electron chi connectivity index (χ0n) is 15.8. The predicted molar refractivity (Wildman–Crippen MR) is 101 cm³/mol. The minimum atomic E-state index is -1.74. The number of pyridine rings is 1. The van der Waals surface area contributed by atoms with E-state index in [0.717, 1.165) is 24.5 Å². The number of rotatable bonds is 3. The molecule has 5 heteroatoms. The lowest BCUT2D eigenvalue weighted by Crippen LogP contribution is -2.54. The van der Waals surface area contributed by atoms with Crippen molar-refractivity contribution >= 4 is 19.7 Å². The summed E-state index contributed by atoms with van der Waals surface area (Å²) in [5.41, 5.74) is 7.97. The van der Waals surface area contributed by atoms with E-state index in [1.165, 1.54) is 0 Å². The van der Waals surface area contributed by atoms with Crippen molar-refractivity contribution in [2.24, 2.45) is 11.8 Å². The van der Waals surface area contributed by atoms with Crippen LogP contribution in [0.1, 0.15) is 34.6 Å². The molecule has 1 aromatic heterocycles. The van der Waals surface area contributed by atoms with E-state index in [4.69, 9.17) is 10.2 Å². The number of aromatic nitrogens is 1. The average molecular weight is 336 g/mol. The molecule has 1 aliphatic rings. The van der Waals surface area contributed by atoms with Gasteiger partial charge in [-0.05, 0) is 36.0 Å². The SMILES string of the molecule is C[C@@H]1CN(c2ccncc2N)C[C@H](C)[C@H]1O[Si](C)(C)C(C)(C)C. The van der Waals surface area contributed by atoms with Crippen LogP contribution in [0, 0.1) is 11.8 Å². The topological polar surface area (TPSA) is 51.4 Å². The standard InChI is InChI=1S/C18H33N3OSi/c1-13-11-21(16-8-9-20-10-15(16)19)12-14(2)17(13)22-23(6,7)18(3,4)5/h8-10,13-14,17H,11-12,19H2,1-7H3/t13-,14+,17+. The molecule has 130 valence electrons. The molecule has 0 radical (unpaired) electrons. The van der Waals surface area contributed by atoms with Crippen LogP contribution < -0.4 is 10.6 Å². The van der Waals surface area contributed by atoms with E-state index in [9.17, 15) is 0 Å². The number of anilines is 2. The second kappa shape index (κ2) is 6.44. The van der Waals surface area contributed by atoms with Crippen molar-refractivity contribution in [2.75, 3.05) is 23.7 Å². The first-order valence-electron chi connectivity index (χ1n) is 8.65. The van der Waals surface area contributed by atoms with Gasteiger partial charge in [-0.25, -0.2) is 0 Å². The quantitative estimate of drug-likeness (QED) is 0.843. The van der Waals surface area contributed by atoms with Gasteiger partial charge in [-0.3, -0.25) is 4.98 Å². The highest BCUT2D eigenvalue weighted by Gasteiger charge is 2.43. The van der Waals surface area contributed by atoms with Gasteiger partial charge in [0.2, 0.25) is 0 Å². The van der Waals surface area contributed by atoms with Crippen LogP contribution in [0.3, 0.4) is 0 Å². The highest BCUT2D eigenvalue weighted by molar-refractivity contribution is 6.74. The number of hydrogen-bond acceptors (Lipinski definition) is 4. The molecule has 23 heavy (non-hydrogen) atoms. The fourth-order valence-corrected chi connectivity index (χ4v) is 4.67. The number of piperidine rings is 1. The fraction of sp³-hybridized carbons (Fsp3) is 0.722. The van der Waals surface area contributed by atoms with Crippen LogP contribution in [0.2, 0.25) is 18.1 Å². The van der Waals surface area contributed by atoms with E-state index in [1.54, 1.807) is 6.20 Å². The fourth-order valence-electron chi connectivity index (χ4n) is 3.17. The maximum absolute atomic E-state index is 6.75. The minimum absolute atomic E-state index is 0.249. The minimum Gasteiger partial charge on any atom is -0.413 e. The monoisotopic (exact) mass is 335 g/mol. The first kappa shape index (κ1) is 18.3. The Hall–Kier alpha value is -1.07. The van der Waals surface area contributed by atoms with Crippen LogP contribution in [0.25, 0.3) is 0 Å². The molecule has 1 aliphatic heterocycles. The van der Waals surface area contributed by atoms with Gasteiger partial charge in [0, 0.05) is 19.3 Å². The van der Waals surface area contributed by atoms with Gasteiger partial charge in [-0.1, -0.05) is 34.6 Å². The van der Waals surface area contributed by atoms with E-state index in [0.29, 0.717) is 17.9 Å². The highest BCUT2D eigenvalue weighted by atomic mass is 28.4. The summed E-state index contributed by atoms with van der Waals surface area (Å²) in [6.07, 6.45) is 3.89. The molecule has 0 bridgehead atoms. The third kappa shape index (κ3) is 3.89. The largest absolute Gasteiger partial charge is 0.413 e. The Balaban J connectivity index is 2.13. The van der Waals surface area contributed by atoms with Crippen molar-refractivity contribution in [3.05, 3.63) is 18.5 Å². The van der Waals surface area contributed by atoms with Gasteiger partial charge in [0.15, 0.2) is 8.32 Å². The summed E-state index contributed by atoms with van der Waals surface area (Å²) < 4.78 is 6.75. The number of nitrogens with two attached hydrogens (primary N) is 1. The Kier molecular flexibility index (Phi) is 5.11. The first-order valence-corrected chi connectivity index (χ1v) is 11.6. The molecule has 2 rings (SSSR count). The van der Waals surface area contributed by atoms with E-state index in [-0.39, 0.29) is 5.04 Å². The summed E-state index contributed by atoms with van der Waals surface area (Å²) in [5.74, 6) is 0.973. The van der Waals surface area contributed by atoms with Gasteiger partial charge >= 0.3 is 0 Å². The van der Waals surface area contributed by atoms with Gasteiger partial charge in [0.05, 0.1) is 23.7 Å². The summed E-state index contributed by atoms with van der Waals surface area (Å²) in [4.78, 5) is 6.48. The van der Waals surface area contributed by atoms with Gasteiger partial charge < -0.3 is 15.1 Å². The average Bonchev–Trinajstić information content (AvgIpc) is 2.42. The lowest BCUT2D eigenvalue weighted by Gasteiger charge is -2.48. The van der Waals surface area contributed by atoms with E-state index >= 15 is 0 Å². The van der Waals surface area contributed by atoms with Crippen LogP contribution in [-0.4, -0.2) is 32.5 Å². The summed E-state index contributed by atoms with van der Waals surface area (Å²) in [7, 11) is -1.74. The predicted octanol–water partition coefficient (Wildman–Crippen LogP) is 4.15. The third-order valence-electron chi connectivity index (χ3n) is 5.54. The van der Waals surface area contributed by atoms with Crippen LogP contribution in [0.5, 0.6) is 0 Å². The molecule has 2 N–H and O–H groups in total. The zero-order valence-corrected chi connectivity index (χ0v) is 16.8. The lowest BCUT2D eigenvalue weighted by atomic mass is 9.88. The first-order chi connectivity index (χ1) is 10.5. The van der Waals surface area contributed by atoms with Crippen LogP contribution >= 0.6 is 0 Å². The zero-order chi connectivity index (χ0) is 17.4. The molecule has 0 saturated carbocycles. The van der Waals surface area contributed by atoms with Crippen molar-refractivity contribution in [3.63, 3.8) is 0 Å². The van der Waals surface area contributed by atoms with Crippen LogP contribution in [-0.2, 0) is 4.43 Å². The third-order valence-corrected chi connectivity index (χ3v) is 10.0. The normalized spacial score (nSPS) is 26.4. The number of hydrogen-bond donors (Lipinski definition) is 1. The number of nitrogens with zero attached hydrogens (tertiary/aromatic N) is 2. The molecule has 0 unspecified atom stereocenters. The molecular formula is C18H33N3OSi. The Morgan fingerprint density at radius 2 is 1.78 bits per heavy atom. The molecular weight excluding hydrogens is 302 g/mol. The van der Waals surface area contributed by atoms with Crippen molar-refractivity contribution in [1.82, 2.24) is 4.98 Å². The van der Waals surface area contributed by atoms with Crippen molar-refractivity contribution < 1.29 is 4.43 Å². The van der Waals surface area contributed by atoms with E-state index < -0.39 is 8.32 Å². The maximum atomic E-state index is 6.75. The van der Waals surface area contributed by atoms with Gasteiger partial charge in [-0.15, -0.1) is 0 Å². The van der Waals surface area contributed by atoms with Gasteiger partial charge in [0.25, 0.3) is 0 Å². The van der Waals surface area contributed by atoms with Gasteiger partial charge in [-0.2, -0.15) is 0 Å². The molecule has 1 saturated heterocycles. The van der Waals surface area contributed by atoms with E-state index in [2.05, 4.69) is 57.6 Å². The van der Waals surface area contributed by atoms with Crippen molar-refractivity contribution in [2.45, 2.75) is 58.9 Å². The second-order valence-electron chi connectivity index (χ2n) is 8.64. The molecule has 0 aliphatic carbocycles.